The molecule has 0 heterocycles. The summed E-state index contributed by atoms with van der Waals surface area (Å²) in [4.78, 5) is 4.26. The average molecular weight is 373 g/mol. The number of hydrogen-bond donors (Lipinski definition) is 2. The first-order chi connectivity index (χ1) is 13.1. The monoisotopic (exact) mass is 373 g/mol. The summed E-state index contributed by atoms with van der Waals surface area (Å²) >= 11 is 0. The van der Waals surface area contributed by atoms with Gasteiger partial charge in [0.25, 0.3) is 0 Å². The van der Waals surface area contributed by atoms with Crippen molar-refractivity contribution >= 4 is 11.6 Å². The standard InChI is InChI=1S/C20H27N3O4/c1-6-27-19-11-14(7-9-17(19)25-4)13-22-20(21-2)23-15-8-10-16(24-3)18(12-15)26-5/h7-12H,6,13H2,1-5H3,(H2,21,22,23). The molecule has 0 aliphatic rings. The van der Waals surface area contributed by atoms with Gasteiger partial charge >= 0.3 is 0 Å². The third-order valence-electron chi connectivity index (χ3n) is 3.86. The van der Waals surface area contributed by atoms with Gasteiger partial charge in [-0.15, -0.1) is 0 Å². The quantitative estimate of drug-likeness (QED) is 0.546. The molecule has 7 nitrogen and oxygen atoms in total. The number of hydrogen-bond acceptors (Lipinski definition) is 5. The summed E-state index contributed by atoms with van der Waals surface area (Å²) in [7, 11) is 6.56. The minimum atomic E-state index is 0.579. The van der Waals surface area contributed by atoms with E-state index in [1.165, 1.54) is 0 Å². The normalized spacial score (nSPS) is 10.9. The Balaban J connectivity index is 2.05. The Morgan fingerprint density at radius 3 is 2.19 bits per heavy atom. The Morgan fingerprint density at radius 2 is 1.56 bits per heavy atom. The molecule has 0 amide bonds. The second-order valence-corrected chi connectivity index (χ2v) is 5.54. The van der Waals surface area contributed by atoms with Gasteiger partial charge < -0.3 is 29.6 Å². The van der Waals surface area contributed by atoms with Crippen LogP contribution >= 0.6 is 0 Å². The lowest BCUT2D eigenvalue weighted by Crippen LogP contribution is -2.30. The van der Waals surface area contributed by atoms with E-state index in [9.17, 15) is 0 Å². The summed E-state index contributed by atoms with van der Waals surface area (Å²) in [5.74, 6) is 3.40. The molecule has 2 aromatic carbocycles. The van der Waals surface area contributed by atoms with Crippen molar-refractivity contribution in [2.24, 2.45) is 4.99 Å². The van der Waals surface area contributed by atoms with Crippen LogP contribution < -0.4 is 29.6 Å². The van der Waals surface area contributed by atoms with E-state index in [0.29, 0.717) is 36.4 Å². The fourth-order valence-electron chi connectivity index (χ4n) is 2.52. The minimum Gasteiger partial charge on any atom is -0.493 e. The number of benzene rings is 2. The van der Waals surface area contributed by atoms with Gasteiger partial charge in [0.2, 0.25) is 0 Å². The summed E-state index contributed by atoms with van der Waals surface area (Å²) in [6.07, 6.45) is 0. The number of methoxy groups -OCH3 is 3. The smallest absolute Gasteiger partial charge is 0.195 e. The van der Waals surface area contributed by atoms with Crippen LogP contribution in [0.3, 0.4) is 0 Å². The molecule has 2 aromatic rings. The molecule has 0 atom stereocenters. The minimum absolute atomic E-state index is 0.579. The largest absolute Gasteiger partial charge is 0.493 e. The van der Waals surface area contributed by atoms with Crippen LogP contribution in [0.4, 0.5) is 5.69 Å². The van der Waals surface area contributed by atoms with E-state index in [1.807, 2.05) is 43.3 Å². The molecule has 0 fully saturated rings. The highest BCUT2D eigenvalue weighted by Crippen LogP contribution is 2.30. The predicted molar refractivity (Wildman–Crippen MR) is 108 cm³/mol. The average Bonchev–Trinajstić information content (AvgIpc) is 2.71. The Bertz CT molecular complexity index is 778. The number of nitrogens with one attached hydrogen (secondary N) is 2. The molecular weight excluding hydrogens is 346 g/mol. The van der Waals surface area contributed by atoms with Gasteiger partial charge in [-0.3, -0.25) is 4.99 Å². The third kappa shape index (κ3) is 5.44. The lowest BCUT2D eigenvalue weighted by molar-refractivity contribution is 0.310. The number of nitrogens with zero attached hydrogens (tertiary/aromatic N) is 1. The van der Waals surface area contributed by atoms with Crippen LogP contribution in [0.25, 0.3) is 0 Å². The zero-order valence-electron chi connectivity index (χ0n) is 16.5. The van der Waals surface area contributed by atoms with Gasteiger partial charge in [-0.25, -0.2) is 0 Å². The van der Waals surface area contributed by atoms with Gasteiger partial charge in [-0.2, -0.15) is 0 Å². The zero-order valence-corrected chi connectivity index (χ0v) is 16.5. The molecule has 146 valence electrons. The van der Waals surface area contributed by atoms with Crippen LogP contribution in [0.2, 0.25) is 0 Å². The summed E-state index contributed by atoms with van der Waals surface area (Å²) < 4.78 is 21.5. The van der Waals surface area contributed by atoms with Crippen molar-refractivity contribution in [3.8, 4) is 23.0 Å². The van der Waals surface area contributed by atoms with E-state index in [1.54, 1.807) is 28.4 Å². The molecule has 0 saturated heterocycles. The van der Waals surface area contributed by atoms with Crippen LogP contribution in [0.5, 0.6) is 23.0 Å². The second kappa shape index (κ2) is 10.2. The van der Waals surface area contributed by atoms with Gasteiger partial charge in [0.05, 0.1) is 27.9 Å². The number of ether oxygens (including phenoxy) is 4. The van der Waals surface area contributed by atoms with Gasteiger partial charge in [-0.05, 0) is 36.8 Å². The molecule has 0 bridgehead atoms. The van der Waals surface area contributed by atoms with Crippen molar-refractivity contribution < 1.29 is 18.9 Å². The van der Waals surface area contributed by atoms with Gasteiger partial charge in [0.1, 0.15) is 0 Å². The SMILES string of the molecule is CCOc1cc(CNC(=NC)Nc2ccc(OC)c(OC)c2)ccc1OC. The molecule has 0 radical (unpaired) electrons. The molecule has 2 N–H and O–H groups in total. The first-order valence-corrected chi connectivity index (χ1v) is 8.64. The molecule has 2 rings (SSSR count). The molecule has 7 heteroatoms. The Kier molecular flexibility index (Phi) is 7.61. The van der Waals surface area contributed by atoms with Crippen LogP contribution in [0, 0.1) is 0 Å². The lowest BCUT2D eigenvalue weighted by Gasteiger charge is -2.15. The number of guanidine groups is 1. The van der Waals surface area contributed by atoms with Gasteiger partial charge in [0, 0.05) is 25.3 Å². The molecule has 0 spiro atoms. The molecule has 0 aliphatic heterocycles. The van der Waals surface area contributed by atoms with E-state index in [2.05, 4.69) is 15.6 Å². The van der Waals surface area contributed by atoms with Crippen LogP contribution in [0.1, 0.15) is 12.5 Å². The van der Waals surface area contributed by atoms with Gasteiger partial charge in [0.15, 0.2) is 29.0 Å². The lowest BCUT2D eigenvalue weighted by atomic mass is 10.2. The van der Waals surface area contributed by atoms with Crippen molar-refractivity contribution in [2.75, 3.05) is 40.3 Å². The van der Waals surface area contributed by atoms with E-state index < -0.39 is 0 Å². The van der Waals surface area contributed by atoms with E-state index in [4.69, 9.17) is 18.9 Å². The van der Waals surface area contributed by atoms with Gasteiger partial charge in [-0.1, -0.05) is 6.07 Å². The maximum atomic E-state index is 5.62. The highest BCUT2D eigenvalue weighted by molar-refractivity contribution is 5.93. The summed E-state index contributed by atoms with van der Waals surface area (Å²) in [6.45, 7) is 3.10. The number of aliphatic imine (C=N–C) groups is 1. The predicted octanol–water partition coefficient (Wildman–Crippen LogP) is 3.30. The Morgan fingerprint density at radius 1 is 0.889 bits per heavy atom. The van der Waals surface area contributed by atoms with E-state index >= 15 is 0 Å². The van der Waals surface area contributed by atoms with Crippen LogP contribution in [-0.2, 0) is 6.54 Å². The highest BCUT2D eigenvalue weighted by atomic mass is 16.5. The van der Waals surface area contributed by atoms with E-state index in [-0.39, 0.29) is 0 Å². The molecule has 0 unspecified atom stereocenters. The fraction of sp³-hybridized carbons (Fsp3) is 0.350. The maximum Gasteiger partial charge on any atom is 0.195 e. The third-order valence-corrected chi connectivity index (χ3v) is 3.86. The highest BCUT2D eigenvalue weighted by Gasteiger charge is 2.08. The molecular formula is C20H27N3O4. The molecule has 0 aromatic heterocycles. The zero-order chi connectivity index (χ0) is 19.6. The first-order valence-electron chi connectivity index (χ1n) is 8.64. The van der Waals surface area contributed by atoms with Crippen LogP contribution in [-0.4, -0.2) is 40.9 Å². The fourth-order valence-corrected chi connectivity index (χ4v) is 2.52. The van der Waals surface area contributed by atoms with Crippen molar-refractivity contribution in [3.63, 3.8) is 0 Å². The number of anilines is 1. The second-order valence-electron chi connectivity index (χ2n) is 5.54. The van der Waals surface area contributed by atoms with Crippen LogP contribution in [0.15, 0.2) is 41.4 Å². The summed E-state index contributed by atoms with van der Waals surface area (Å²) in [5.41, 5.74) is 1.89. The molecule has 27 heavy (non-hydrogen) atoms. The van der Waals surface area contributed by atoms with E-state index in [0.717, 1.165) is 17.0 Å². The molecule has 0 aliphatic carbocycles. The Labute approximate surface area is 160 Å². The van der Waals surface area contributed by atoms with Crippen molar-refractivity contribution in [2.45, 2.75) is 13.5 Å². The van der Waals surface area contributed by atoms with Crippen molar-refractivity contribution in [3.05, 3.63) is 42.0 Å². The first kappa shape index (κ1) is 20.2. The van der Waals surface area contributed by atoms with Crippen molar-refractivity contribution in [1.82, 2.24) is 5.32 Å². The Hall–Kier alpha value is -3.09. The molecule has 0 saturated carbocycles. The number of rotatable bonds is 8. The summed E-state index contributed by atoms with van der Waals surface area (Å²) in [5, 5.41) is 6.51. The van der Waals surface area contributed by atoms with Crippen molar-refractivity contribution in [1.29, 1.82) is 0 Å². The maximum absolute atomic E-state index is 5.62. The topological polar surface area (TPSA) is 73.3 Å². The summed E-state index contributed by atoms with van der Waals surface area (Å²) in [6, 6.07) is 11.4.